The Morgan fingerprint density at radius 2 is 1.23 bits per heavy atom. The van der Waals surface area contributed by atoms with Gasteiger partial charge in [0.15, 0.2) is 0 Å². The van der Waals surface area contributed by atoms with E-state index in [2.05, 4.69) is 5.09 Å². The van der Waals surface area contributed by atoms with Gasteiger partial charge in [-0.3, -0.25) is 4.57 Å². The molecule has 0 aromatic heterocycles. The molecule has 0 bridgehead atoms. The molecule has 8 heteroatoms. The Hall–Kier alpha value is -1.52. The highest BCUT2D eigenvalue weighted by molar-refractivity contribution is 7.60. The maximum Gasteiger partial charge on any atom is 0.309 e. The van der Waals surface area contributed by atoms with Crippen LogP contribution in [0.5, 0.6) is 0 Å². The zero-order valence-electron chi connectivity index (χ0n) is 16.8. The van der Waals surface area contributed by atoms with E-state index in [0.717, 1.165) is 17.5 Å². The van der Waals surface area contributed by atoms with Crippen molar-refractivity contribution in [2.75, 3.05) is 18.2 Å². The van der Waals surface area contributed by atoms with Crippen LogP contribution in [0.25, 0.3) is 0 Å². The molecule has 1 N–H and O–H groups in total. The van der Waals surface area contributed by atoms with Gasteiger partial charge in [-0.05, 0) is 53.9 Å². The Bertz CT molecular complexity index is 1020. The molecule has 0 unspecified atom stereocenters. The number of nitrogens with zero attached hydrogens (tertiary/aromatic N) is 2. The average Bonchev–Trinajstić information content (AvgIpc) is 2.76. The highest BCUT2D eigenvalue weighted by atomic mass is 35.5. The van der Waals surface area contributed by atoms with Gasteiger partial charge in [-0.25, -0.2) is 9.34 Å². The van der Waals surface area contributed by atoms with Crippen LogP contribution >= 0.6 is 42.4 Å². The summed E-state index contributed by atoms with van der Waals surface area (Å²) >= 11 is 18.5. The van der Waals surface area contributed by atoms with E-state index >= 15 is 0 Å². The molecule has 0 atom stereocenters. The van der Waals surface area contributed by atoms with E-state index in [9.17, 15) is 4.57 Å². The lowest BCUT2D eigenvalue weighted by atomic mass is 10.2. The molecule has 4 rings (SSSR count). The number of hydrogen-bond donors (Lipinski definition) is 1. The first kappa shape index (κ1) is 22.7. The zero-order valence-corrected chi connectivity index (χ0v) is 20.0. The summed E-state index contributed by atoms with van der Waals surface area (Å²) < 4.78 is 18.6. The van der Waals surface area contributed by atoms with Crippen LogP contribution in [-0.4, -0.2) is 22.4 Å². The molecular weight excluding hydrogens is 472 g/mol. The van der Waals surface area contributed by atoms with Gasteiger partial charge in [0.25, 0.3) is 0 Å². The lowest BCUT2D eigenvalue weighted by molar-refractivity contribution is 0.273. The van der Waals surface area contributed by atoms with Gasteiger partial charge in [0.05, 0.1) is 10.7 Å². The molecule has 4 nitrogen and oxygen atoms in total. The van der Waals surface area contributed by atoms with Crippen LogP contribution in [0, 0.1) is 0 Å². The van der Waals surface area contributed by atoms with Crippen LogP contribution in [0.2, 0.25) is 15.1 Å². The van der Waals surface area contributed by atoms with E-state index in [1.165, 1.54) is 0 Å². The third-order valence-corrected chi connectivity index (χ3v) is 8.88. The maximum absolute atomic E-state index is 14.6. The molecule has 1 aliphatic heterocycles. The minimum atomic E-state index is -3.17. The molecule has 0 spiro atoms. The largest absolute Gasteiger partial charge is 0.311 e. The van der Waals surface area contributed by atoms with Crippen molar-refractivity contribution < 1.29 is 4.57 Å². The summed E-state index contributed by atoms with van der Waals surface area (Å²) in [6.07, 6.45) is 0.912. The topological polar surface area (TPSA) is 35.6 Å². The van der Waals surface area contributed by atoms with Gasteiger partial charge in [-0.2, -0.15) is 0 Å². The maximum atomic E-state index is 14.6. The van der Waals surface area contributed by atoms with Gasteiger partial charge >= 0.3 is 7.59 Å². The molecular formula is C23H23Cl3N3OP. The first-order valence-electron chi connectivity index (χ1n) is 10.1. The molecule has 1 aliphatic rings. The Labute approximate surface area is 198 Å². The van der Waals surface area contributed by atoms with Crippen LogP contribution in [0.1, 0.15) is 17.5 Å². The van der Waals surface area contributed by atoms with Crippen LogP contribution in [0.4, 0.5) is 5.69 Å². The SMILES string of the molecule is O=P1(Nc2ccccc2Cl)N(Cc2ccc(Cl)cc2)CCCN1Cc1ccc(Cl)cc1. The van der Waals surface area contributed by atoms with E-state index in [0.29, 0.717) is 46.9 Å². The lowest BCUT2D eigenvalue weighted by Gasteiger charge is -2.43. The summed E-state index contributed by atoms with van der Waals surface area (Å²) in [4.78, 5) is 0. The second-order valence-electron chi connectivity index (χ2n) is 7.52. The number of hydrogen-bond acceptors (Lipinski definition) is 1. The minimum absolute atomic E-state index is 0.543. The number of halogens is 3. The average molecular weight is 495 g/mol. The second kappa shape index (κ2) is 9.95. The molecule has 31 heavy (non-hydrogen) atoms. The van der Waals surface area contributed by atoms with Gasteiger partial charge in [0, 0.05) is 36.2 Å². The summed E-state index contributed by atoms with van der Waals surface area (Å²) in [5, 5.41) is 5.22. The summed E-state index contributed by atoms with van der Waals surface area (Å²) in [7, 11) is -3.17. The van der Waals surface area contributed by atoms with Crippen LogP contribution in [-0.2, 0) is 17.7 Å². The standard InChI is InChI=1S/C23H23Cl3N3OP/c24-20-10-6-18(7-11-20)16-28-14-3-15-29(17-19-8-12-21(25)13-9-19)31(28,30)27-23-5-2-1-4-22(23)26/h1-2,4-13H,3,14-17H2,(H,27,30). The Balaban J connectivity index is 1.66. The van der Waals surface area contributed by atoms with Crippen LogP contribution < -0.4 is 5.09 Å². The van der Waals surface area contributed by atoms with Crippen molar-refractivity contribution in [3.8, 4) is 0 Å². The van der Waals surface area contributed by atoms with Crippen molar-refractivity contribution in [3.05, 3.63) is 99.0 Å². The quantitative estimate of drug-likeness (QED) is 0.358. The van der Waals surface area contributed by atoms with Crippen molar-refractivity contribution in [3.63, 3.8) is 0 Å². The molecule has 162 valence electrons. The predicted octanol–water partition coefficient (Wildman–Crippen LogP) is 7.57. The molecule has 1 fully saturated rings. The highest BCUT2D eigenvalue weighted by Crippen LogP contribution is 2.57. The fourth-order valence-corrected chi connectivity index (χ4v) is 6.87. The van der Waals surface area contributed by atoms with E-state index in [1.807, 2.05) is 76.1 Å². The van der Waals surface area contributed by atoms with E-state index in [-0.39, 0.29) is 0 Å². The number of para-hydroxylation sites is 1. The van der Waals surface area contributed by atoms with Gasteiger partial charge in [0.2, 0.25) is 0 Å². The number of anilines is 1. The highest BCUT2D eigenvalue weighted by Gasteiger charge is 2.40. The first-order valence-corrected chi connectivity index (χ1v) is 12.8. The van der Waals surface area contributed by atoms with Crippen molar-refractivity contribution in [1.29, 1.82) is 0 Å². The molecule has 0 aliphatic carbocycles. The number of nitrogens with one attached hydrogen (secondary N) is 1. The van der Waals surface area contributed by atoms with E-state index < -0.39 is 7.59 Å². The molecule has 0 radical (unpaired) electrons. The van der Waals surface area contributed by atoms with Crippen LogP contribution in [0.3, 0.4) is 0 Å². The monoisotopic (exact) mass is 493 g/mol. The Morgan fingerprint density at radius 1 is 0.742 bits per heavy atom. The Morgan fingerprint density at radius 3 is 1.71 bits per heavy atom. The van der Waals surface area contributed by atoms with Gasteiger partial charge in [0.1, 0.15) is 0 Å². The molecule has 1 saturated heterocycles. The van der Waals surface area contributed by atoms with Crippen molar-refractivity contribution in [1.82, 2.24) is 9.34 Å². The van der Waals surface area contributed by atoms with Crippen molar-refractivity contribution >= 4 is 48.1 Å². The predicted molar refractivity (Wildman–Crippen MR) is 131 cm³/mol. The first-order chi connectivity index (χ1) is 14.9. The zero-order chi connectivity index (χ0) is 21.8. The number of benzene rings is 3. The van der Waals surface area contributed by atoms with Crippen LogP contribution in [0.15, 0.2) is 72.8 Å². The minimum Gasteiger partial charge on any atom is -0.311 e. The van der Waals surface area contributed by atoms with Gasteiger partial charge in [-0.1, -0.05) is 71.2 Å². The van der Waals surface area contributed by atoms with Gasteiger partial charge < -0.3 is 5.09 Å². The third-order valence-electron chi connectivity index (χ3n) is 5.30. The summed E-state index contributed by atoms with van der Waals surface area (Å²) in [5.41, 5.74) is 2.77. The lowest BCUT2D eigenvalue weighted by Crippen LogP contribution is -2.41. The summed E-state index contributed by atoms with van der Waals surface area (Å²) in [5.74, 6) is 0. The fourth-order valence-electron chi connectivity index (χ4n) is 3.69. The van der Waals surface area contributed by atoms with Crippen molar-refractivity contribution in [2.45, 2.75) is 19.5 Å². The van der Waals surface area contributed by atoms with E-state index in [1.54, 1.807) is 6.07 Å². The van der Waals surface area contributed by atoms with Crippen molar-refractivity contribution in [2.24, 2.45) is 0 Å². The summed E-state index contributed by atoms with van der Waals surface area (Å²) in [6.45, 7) is 2.52. The summed E-state index contributed by atoms with van der Waals surface area (Å²) in [6, 6.07) is 22.7. The molecule has 3 aromatic rings. The molecule has 0 saturated carbocycles. The molecule has 1 heterocycles. The van der Waals surface area contributed by atoms with E-state index in [4.69, 9.17) is 34.8 Å². The fraction of sp³-hybridized carbons (Fsp3) is 0.217. The third kappa shape index (κ3) is 5.46. The second-order valence-corrected chi connectivity index (χ2v) is 11.2. The Kier molecular flexibility index (Phi) is 7.28. The normalized spacial score (nSPS) is 16.9. The van der Waals surface area contributed by atoms with Gasteiger partial charge in [-0.15, -0.1) is 0 Å². The smallest absolute Gasteiger partial charge is 0.309 e. The molecule has 3 aromatic carbocycles. The molecule has 0 amide bonds. The number of rotatable bonds is 6.